The molecule has 96 valence electrons. The van der Waals surface area contributed by atoms with E-state index in [0.717, 1.165) is 11.3 Å². The number of furan rings is 1. The first-order valence-electron chi connectivity index (χ1n) is 6.88. The number of rotatable bonds is 3. The van der Waals surface area contributed by atoms with Crippen molar-refractivity contribution in [3.63, 3.8) is 0 Å². The number of hydrogen-bond donors (Lipinski definition) is 1. The molecular weight excluding hydrogens is 222 g/mol. The standard InChI is InChI=1S/C16H21NO/c1-9(2)12-7-4-10(3)16-15(12)14(11-5-6-11)13(8-17)18-16/h4,7,9,11H,5-6,8,17H2,1-3H3. The van der Waals surface area contributed by atoms with E-state index in [1.54, 1.807) is 0 Å². The van der Waals surface area contributed by atoms with E-state index >= 15 is 0 Å². The minimum atomic E-state index is 0.511. The van der Waals surface area contributed by atoms with E-state index in [1.165, 1.54) is 34.9 Å². The van der Waals surface area contributed by atoms with Gasteiger partial charge in [0.1, 0.15) is 11.3 Å². The Labute approximate surface area is 108 Å². The average molecular weight is 243 g/mol. The second kappa shape index (κ2) is 4.13. The van der Waals surface area contributed by atoms with Crippen molar-refractivity contribution in [2.75, 3.05) is 0 Å². The van der Waals surface area contributed by atoms with E-state index in [9.17, 15) is 0 Å². The largest absolute Gasteiger partial charge is 0.459 e. The van der Waals surface area contributed by atoms with Crippen LogP contribution in [-0.2, 0) is 6.54 Å². The van der Waals surface area contributed by atoms with E-state index in [4.69, 9.17) is 10.2 Å². The SMILES string of the molecule is Cc1ccc(C(C)C)c2c(C3CC3)c(CN)oc12. The van der Waals surface area contributed by atoms with Crippen LogP contribution >= 0.6 is 0 Å². The van der Waals surface area contributed by atoms with Crippen LogP contribution in [0.25, 0.3) is 11.0 Å². The maximum Gasteiger partial charge on any atom is 0.137 e. The van der Waals surface area contributed by atoms with Gasteiger partial charge in [0, 0.05) is 10.9 Å². The van der Waals surface area contributed by atoms with Crippen molar-refractivity contribution in [2.45, 2.75) is 52.0 Å². The van der Waals surface area contributed by atoms with Crippen LogP contribution in [0.1, 0.15) is 61.0 Å². The molecule has 0 radical (unpaired) electrons. The highest BCUT2D eigenvalue weighted by Crippen LogP contribution is 2.48. The van der Waals surface area contributed by atoms with Gasteiger partial charge in [0.15, 0.2) is 0 Å². The molecule has 1 heterocycles. The van der Waals surface area contributed by atoms with Crippen LogP contribution < -0.4 is 5.73 Å². The van der Waals surface area contributed by atoms with E-state index in [0.29, 0.717) is 18.4 Å². The summed E-state index contributed by atoms with van der Waals surface area (Å²) < 4.78 is 6.05. The molecule has 0 amide bonds. The maximum absolute atomic E-state index is 6.05. The lowest BCUT2D eigenvalue weighted by Crippen LogP contribution is -1.98. The van der Waals surface area contributed by atoms with Gasteiger partial charge in [-0.1, -0.05) is 26.0 Å². The summed E-state index contributed by atoms with van der Waals surface area (Å²) in [7, 11) is 0. The van der Waals surface area contributed by atoms with Crippen LogP contribution in [0.4, 0.5) is 0 Å². The molecule has 0 saturated heterocycles. The Kier molecular flexibility index (Phi) is 2.70. The van der Waals surface area contributed by atoms with Gasteiger partial charge in [0.25, 0.3) is 0 Å². The molecule has 0 spiro atoms. The fourth-order valence-electron chi connectivity index (χ4n) is 2.87. The summed E-state index contributed by atoms with van der Waals surface area (Å²) in [6.45, 7) is 7.12. The minimum absolute atomic E-state index is 0.511. The summed E-state index contributed by atoms with van der Waals surface area (Å²) in [5.41, 5.74) is 10.9. The van der Waals surface area contributed by atoms with Crippen molar-refractivity contribution < 1.29 is 4.42 Å². The molecule has 2 heteroatoms. The summed E-state index contributed by atoms with van der Waals surface area (Å²) in [4.78, 5) is 0. The van der Waals surface area contributed by atoms with Crippen LogP contribution in [-0.4, -0.2) is 0 Å². The monoisotopic (exact) mass is 243 g/mol. The van der Waals surface area contributed by atoms with Gasteiger partial charge in [0.2, 0.25) is 0 Å². The van der Waals surface area contributed by atoms with Crippen molar-refractivity contribution >= 4 is 11.0 Å². The Morgan fingerprint density at radius 2 is 2.06 bits per heavy atom. The van der Waals surface area contributed by atoms with Gasteiger partial charge in [0.05, 0.1) is 6.54 Å². The summed E-state index contributed by atoms with van der Waals surface area (Å²) in [6.07, 6.45) is 2.57. The Bertz CT molecular complexity index is 591. The van der Waals surface area contributed by atoms with Crippen molar-refractivity contribution in [1.29, 1.82) is 0 Å². The van der Waals surface area contributed by atoms with Crippen LogP contribution in [0.3, 0.4) is 0 Å². The molecule has 1 saturated carbocycles. The van der Waals surface area contributed by atoms with Gasteiger partial charge in [-0.05, 0) is 42.7 Å². The third-order valence-electron chi connectivity index (χ3n) is 3.97. The number of hydrogen-bond acceptors (Lipinski definition) is 2. The van der Waals surface area contributed by atoms with Crippen molar-refractivity contribution in [3.05, 3.63) is 34.6 Å². The fraction of sp³-hybridized carbons (Fsp3) is 0.500. The summed E-state index contributed by atoms with van der Waals surface area (Å²) in [6, 6.07) is 4.42. The first-order chi connectivity index (χ1) is 8.63. The van der Waals surface area contributed by atoms with Gasteiger partial charge < -0.3 is 10.2 Å². The highest BCUT2D eigenvalue weighted by atomic mass is 16.3. The molecule has 1 aromatic heterocycles. The molecule has 0 unspecified atom stereocenters. The topological polar surface area (TPSA) is 39.2 Å². The quantitative estimate of drug-likeness (QED) is 0.877. The zero-order chi connectivity index (χ0) is 12.9. The predicted octanol–water partition coefficient (Wildman–Crippen LogP) is 4.20. The van der Waals surface area contributed by atoms with E-state index in [2.05, 4.69) is 32.9 Å². The molecule has 18 heavy (non-hydrogen) atoms. The number of fused-ring (bicyclic) bond motifs is 1. The molecule has 3 rings (SSSR count). The fourth-order valence-corrected chi connectivity index (χ4v) is 2.87. The second-order valence-corrected chi connectivity index (χ2v) is 5.75. The van der Waals surface area contributed by atoms with Gasteiger partial charge in [-0.2, -0.15) is 0 Å². The van der Waals surface area contributed by atoms with E-state index in [-0.39, 0.29) is 0 Å². The molecule has 0 aliphatic heterocycles. The van der Waals surface area contributed by atoms with Crippen molar-refractivity contribution in [3.8, 4) is 0 Å². The third kappa shape index (κ3) is 1.67. The summed E-state index contributed by atoms with van der Waals surface area (Å²) in [5, 5.41) is 1.35. The smallest absolute Gasteiger partial charge is 0.137 e. The molecule has 0 atom stereocenters. The first-order valence-corrected chi connectivity index (χ1v) is 6.88. The molecule has 1 fully saturated rings. The van der Waals surface area contributed by atoms with Gasteiger partial charge in [-0.15, -0.1) is 0 Å². The zero-order valence-electron chi connectivity index (χ0n) is 11.4. The number of benzene rings is 1. The summed E-state index contributed by atoms with van der Waals surface area (Å²) in [5.74, 6) is 2.21. The lowest BCUT2D eigenvalue weighted by molar-refractivity contribution is 0.544. The molecule has 0 bridgehead atoms. The molecular formula is C16H21NO. The normalized spacial score (nSPS) is 15.8. The van der Waals surface area contributed by atoms with Crippen LogP contribution in [0.2, 0.25) is 0 Å². The molecule has 2 N–H and O–H groups in total. The molecule has 2 aromatic rings. The van der Waals surface area contributed by atoms with Gasteiger partial charge in [-0.3, -0.25) is 0 Å². The number of aryl methyl sites for hydroxylation is 1. The van der Waals surface area contributed by atoms with Crippen LogP contribution in [0, 0.1) is 6.92 Å². The average Bonchev–Trinajstić information content (AvgIpc) is 3.09. The van der Waals surface area contributed by atoms with Crippen molar-refractivity contribution in [2.24, 2.45) is 5.73 Å². The van der Waals surface area contributed by atoms with Crippen molar-refractivity contribution in [1.82, 2.24) is 0 Å². The van der Waals surface area contributed by atoms with Gasteiger partial charge >= 0.3 is 0 Å². The summed E-state index contributed by atoms with van der Waals surface area (Å²) >= 11 is 0. The van der Waals surface area contributed by atoms with E-state index in [1.807, 2.05) is 0 Å². The molecule has 1 aliphatic carbocycles. The Hall–Kier alpha value is -1.28. The highest BCUT2D eigenvalue weighted by Gasteiger charge is 2.32. The maximum atomic E-state index is 6.05. The van der Waals surface area contributed by atoms with E-state index < -0.39 is 0 Å². The van der Waals surface area contributed by atoms with Crippen LogP contribution in [0.15, 0.2) is 16.5 Å². The first kappa shape index (κ1) is 11.8. The lowest BCUT2D eigenvalue weighted by Gasteiger charge is -2.09. The lowest BCUT2D eigenvalue weighted by atomic mass is 9.93. The Morgan fingerprint density at radius 1 is 1.33 bits per heavy atom. The zero-order valence-corrected chi connectivity index (χ0v) is 11.4. The molecule has 2 nitrogen and oxygen atoms in total. The van der Waals surface area contributed by atoms with Gasteiger partial charge in [-0.25, -0.2) is 0 Å². The highest BCUT2D eigenvalue weighted by molar-refractivity contribution is 5.89. The number of nitrogens with two attached hydrogens (primary N) is 1. The Morgan fingerprint density at radius 3 is 2.61 bits per heavy atom. The predicted molar refractivity (Wildman–Crippen MR) is 74.9 cm³/mol. The van der Waals surface area contributed by atoms with Crippen LogP contribution in [0.5, 0.6) is 0 Å². The second-order valence-electron chi connectivity index (χ2n) is 5.75. The molecule has 1 aliphatic rings. The minimum Gasteiger partial charge on any atom is -0.459 e. The Balaban J connectivity index is 2.37. The molecule has 1 aromatic carbocycles. The third-order valence-corrected chi connectivity index (χ3v) is 3.97.